The van der Waals surface area contributed by atoms with E-state index in [0.29, 0.717) is 11.8 Å². The van der Waals surface area contributed by atoms with E-state index in [1.54, 1.807) is 13.8 Å². The SMILES string of the molecule is C[C@H](CC#CC(C)(C)O)C1=CC[C@H]2[C@@H](O)CCC[C@]12C. The van der Waals surface area contributed by atoms with Crippen molar-refractivity contribution in [3.05, 3.63) is 11.6 Å². The first-order valence-corrected chi connectivity index (χ1v) is 7.85. The minimum absolute atomic E-state index is 0.142. The van der Waals surface area contributed by atoms with Crippen LogP contribution in [0, 0.1) is 29.1 Å². The molecule has 1 fully saturated rings. The Balaban J connectivity index is 2.07. The van der Waals surface area contributed by atoms with Gasteiger partial charge >= 0.3 is 0 Å². The zero-order valence-corrected chi connectivity index (χ0v) is 13.2. The third-order valence-electron chi connectivity index (χ3n) is 5.06. The average Bonchev–Trinajstić information content (AvgIpc) is 2.66. The van der Waals surface area contributed by atoms with Crippen LogP contribution in [0.3, 0.4) is 0 Å². The first-order valence-electron chi connectivity index (χ1n) is 7.85. The predicted octanol–water partition coefficient (Wildman–Crippen LogP) is 3.28. The van der Waals surface area contributed by atoms with Gasteiger partial charge in [-0.15, -0.1) is 0 Å². The van der Waals surface area contributed by atoms with Crippen molar-refractivity contribution < 1.29 is 10.2 Å². The minimum Gasteiger partial charge on any atom is -0.393 e. The quantitative estimate of drug-likeness (QED) is 0.600. The summed E-state index contributed by atoms with van der Waals surface area (Å²) in [4.78, 5) is 0. The van der Waals surface area contributed by atoms with Gasteiger partial charge in [-0.3, -0.25) is 0 Å². The van der Waals surface area contributed by atoms with Gasteiger partial charge in [-0.05, 0) is 56.8 Å². The molecule has 2 N–H and O–H groups in total. The number of rotatable bonds is 2. The summed E-state index contributed by atoms with van der Waals surface area (Å²) in [5, 5.41) is 19.9. The van der Waals surface area contributed by atoms with Crippen LogP contribution >= 0.6 is 0 Å². The van der Waals surface area contributed by atoms with Crippen molar-refractivity contribution in [1.82, 2.24) is 0 Å². The first-order chi connectivity index (χ1) is 9.24. The molecule has 0 unspecified atom stereocenters. The van der Waals surface area contributed by atoms with Gasteiger partial charge < -0.3 is 10.2 Å². The normalized spacial score (nSPS) is 34.8. The molecule has 0 amide bonds. The van der Waals surface area contributed by atoms with Crippen LogP contribution in [-0.2, 0) is 0 Å². The average molecular weight is 276 g/mol. The molecule has 0 bridgehead atoms. The second-order valence-corrected chi connectivity index (χ2v) is 7.34. The molecule has 2 aliphatic carbocycles. The molecule has 0 spiro atoms. The lowest BCUT2D eigenvalue weighted by molar-refractivity contribution is 0.00809. The van der Waals surface area contributed by atoms with Crippen molar-refractivity contribution in [3.63, 3.8) is 0 Å². The first kappa shape index (κ1) is 15.6. The molecule has 2 aliphatic rings. The van der Waals surface area contributed by atoms with Crippen LogP contribution in [0.4, 0.5) is 0 Å². The maximum atomic E-state index is 10.2. The molecular formula is C18H28O2. The smallest absolute Gasteiger partial charge is 0.119 e. The van der Waals surface area contributed by atoms with Crippen LogP contribution in [0.1, 0.15) is 59.8 Å². The number of aliphatic hydroxyl groups is 2. The van der Waals surface area contributed by atoms with Crippen molar-refractivity contribution in [1.29, 1.82) is 0 Å². The molecule has 4 atom stereocenters. The van der Waals surface area contributed by atoms with E-state index >= 15 is 0 Å². The highest BCUT2D eigenvalue weighted by molar-refractivity contribution is 5.27. The van der Waals surface area contributed by atoms with Gasteiger partial charge in [0.15, 0.2) is 0 Å². The fourth-order valence-electron chi connectivity index (χ4n) is 4.05. The van der Waals surface area contributed by atoms with E-state index in [-0.39, 0.29) is 11.5 Å². The fourth-order valence-corrected chi connectivity index (χ4v) is 4.05. The lowest BCUT2D eigenvalue weighted by Gasteiger charge is -2.43. The lowest BCUT2D eigenvalue weighted by Crippen LogP contribution is -2.39. The van der Waals surface area contributed by atoms with Crippen molar-refractivity contribution >= 4 is 0 Å². The van der Waals surface area contributed by atoms with Crippen molar-refractivity contribution in [3.8, 4) is 11.8 Å². The molecule has 0 aromatic heterocycles. The maximum Gasteiger partial charge on any atom is 0.119 e. The molecule has 1 saturated carbocycles. The van der Waals surface area contributed by atoms with Gasteiger partial charge in [0, 0.05) is 6.42 Å². The van der Waals surface area contributed by atoms with Crippen LogP contribution in [-0.4, -0.2) is 21.9 Å². The lowest BCUT2D eigenvalue weighted by atomic mass is 9.63. The molecule has 0 heterocycles. The molecule has 0 aliphatic heterocycles. The van der Waals surface area contributed by atoms with Crippen LogP contribution in [0.15, 0.2) is 11.6 Å². The number of fused-ring (bicyclic) bond motifs is 1. The van der Waals surface area contributed by atoms with Gasteiger partial charge in [-0.1, -0.05) is 37.3 Å². The Labute approximate surface area is 123 Å². The molecule has 0 saturated heterocycles. The van der Waals surface area contributed by atoms with Crippen LogP contribution < -0.4 is 0 Å². The zero-order chi connectivity index (χ0) is 15.0. The zero-order valence-electron chi connectivity index (χ0n) is 13.2. The topological polar surface area (TPSA) is 40.5 Å². The van der Waals surface area contributed by atoms with Crippen molar-refractivity contribution in [2.24, 2.45) is 17.3 Å². The molecule has 2 nitrogen and oxygen atoms in total. The molecule has 2 rings (SSSR count). The van der Waals surface area contributed by atoms with Gasteiger partial charge in [0.2, 0.25) is 0 Å². The molecule has 0 aromatic rings. The third kappa shape index (κ3) is 3.10. The molecule has 20 heavy (non-hydrogen) atoms. The standard InChI is InChI=1S/C18H28O2/c1-13(7-5-11-17(2,3)20)14-9-10-15-16(19)8-6-12-18(14,15)4/h9,13,15-16,19-20H,6-8,10,12H2,1-4H3/t13-,15+,16+,18-/m1/s1. The summed E-state index contributed by atoms with van der Waals surface area (Å²) in [7, 11) is 0. The van der Waals surface area contributed by atoms with Gasteiger partial charge in [0.25, 0.3) is 0 Å². The van der Waals surface area contributed by atoms with Crippen molar-refractivity contribution in [2.45, 2.75) is 71.5 Å². The highest BCUT2D eigenvalue weighted by Gasteiger charge is 2.47. The maximum absolute atomic E-state index is 10.2. The summed E-state index contributed by atoms with van der Waals surface area (Å²) < 4.78 is 0. The number of hydrogen-bond donors (Lipinski definition) is 2. The second-order valence-electron chi connectivity index (χ2n) is 7.34. The fraction of sp³-hybridized carbons (Fsp3) is 0.778. The van der Waals surface area contributed by atoms with E-state index in [1.165, 1.54) is 12.0 Å². The van der Waals surface area contributed by atoms with Gasteiger partial charge in [0.1, 0.15) is 5.60 Å². The molecule has 112 valence electrons. The molecular weight excluding hydrogens is 248 g/mol. The van der Waals surface area contributed by atoms with E-state index in [9.17, 15) is 10.2 Å². The van der Waals surface area contributed by atoms with Crippen LogP contribution in [0.25, 0.3) is 0 Å². The summed E-state index contributed by atoms with van der Waals surface area (Å²) in [5.41, 5.74) is 0.733. The van der Waals surface area contributed by atoms with Crippen LogP contribution in [0.5, 0.6) is 0 Å². The third-order valence-corrected chi connectivity index (χ3v) is 5.06. The number of hydrogen-bond acceptors (Lipinski definition) is 2. The Morgan fingerprint density at radius 1 is 1.50 bits per heavy atom. The Bertz CT molecular complexity index is 446. The predicted molar refractivity (Wildman–Crippen MR) is 82.0 cm³/mol. The van der Waals surface area contributed by atoms with E-state index in [4.69, 9.17) is 0 Å². The Morgan fingerprint density at radius 3 is 2.85 bits per heavy atom. The Hall–Kier alpha value is -0.780. The van der Waals surface area contributed by atoms with Crippen molar-refractivity contribution in [2.75, 3.05) is 0 Å². The van der Waals surface area contributed by atoms with Crippen LogP contribution in [0.2, 0.25) is 0 Å². The highest BCUT2D eigenvalue weighted by Crippen LogP contribution is 2.54. The molecule has 0 aromatic carbocycles. The monoisotopic (exact) mass is 276 g/mol. The summed E-state index contributed by atoms with van der Waals surface area (Å²) >= 11 is 0. The van der Waals surface area contributed by atoms with E-state index in [1.807, 2.05) is 0 Å². The summed E-state index contributed by atoms with van der Waals surface area (Å²) in [6.45, 7) is 7.97. The molecule has 2 heteroatoms. The highest BCUT2D eigenvalue weighted by atomic mass is 16.3. The second kappa shape index (κ2) is 5.54. The van der Waals surface area contributed by atoms with Gasteiger partial charge in [-0.25, -0.2) is 0 Å². The summed E-state index contributed by atoms with van der Waals surface area (Å²) in [6, 6.07) is 0. The number of aliphatic hydroxyl groups excluding tert-OH is 1. The number of allylic oxidation sites excluding steroid dienone is 2. The van der Waals surface area contributed by atoms with E-state index < -0.39 is 5.60 Å². The Kier molecular flexibility index (Phi) is 4.33. The van der Waals surface area contributed by atoms with Gasteiger partial charge in [0.05, 0.1) is 6.10 Å². The Morgan fingerprint density at radius 2 is 2.20 bits per heavy atom. The summed E-state index contributed by atoms with van der Waals surface area (Å²) in [6.07, 6.45) is 7.25. The van der Waals surface area contributed by atoms with E-state index in [2.05, 4.69) is 31.8 Å². The van der Waals surface area contributed by atoms with Gasteiger partial charge in [-0.2, -0.15) is 0 Å². The minimum atomic E-state index is -0.906. The summed E-state index contributed by atoms with van der Waals surface area (Å²) in [5.74, 6) is 6.83. The largest absolute Gasteiger partial charge is 0.393 e. The van der Waals surface area contributed by atoms with E-state index in [0.717, 1.165) is 25.7 Å². The molecule has 0 radical (unpaired) electrons.